The summed E-state index contributed by atoms with van der Waals surface area (Å²) in [5.74, 6) is 1.18. The first-order valence-corrected chi connectivity index (χ1v) is 5.80. The fourth-order valence-corrected chi connectivity index (χ4v) is 2.43. The summed E-state index contributed by atoms with van der Waals surface area (Å²) in [5.41, 5.74) is 13.6. The van der Waals surface area contributed by atoms with Gasteiger partial charge in [0.05, 0.1) is 16.1 Å². The predicted octanol–water partition coefficient (Wildman–Crippen LogP) is 1.55. The lowest BCUT2D eigenvalue weighted by molar-refractivity contribution is 1.24. The Labute approximate surface area is 101 Å². The highest BCUT2D eigenvalue weighted by molar-refractivity contribution is 7.18. The highest BCUT2D eigenvalue weighted by atomic mass is 32.1. The number of fused-ring (bicyclic) bond motifs is 1. The number of nitrogens with zero attached hydrogens (tertiary/aromatic N) is 3. The molecule has 0 saturated carbocycles. The van der Waals surface area contributed by atoms with E-state index in [-0.39, 0.29) is 0 Å². The maximum absolute atomic E-state index is 5.67. The van der Waals surface area contributed by atoms with E-state index in [1.807, 2.05) is 13.0 Å². The Hall–Kier alpha value is -2.15. The fourth-order valence-electron chi connectivity index (χ4n) is 1.65. The largest absolute Gasteiger partial charge is 0.384 e. The summed E-state index contributed by atoms with van der Waals surface area (Å²) >= 11 is 1.40. The van der Waals surface area contributed by atoms with Gasteiger partial charge in [-0.25, -0.2) is 15.0 Å². The number of aromatic amines is 1. The SMILES string of the molecule is Cc1nc(N)sc1-c1nc2nc(N)ccc2[nH]1. The van der Waals surface area contributed by atoms with Crippen LogP contribution in [0.5, 0.6) is 0 Å². The molecule has 0 radical (unpaired) electrons. The summed E-state index contributed by atoms with van der Waals surface area (Å²) in [6.07, 6.45) is 0. The number of nitrogen functional groups attached to an aromatic ring is 2. The van der Waals surface area contributed by atoms with Crippen molar-refractivity contribution in [2.45, 2.75) is 6.92 Å². The second kappa shape index (κ2) is 3.42. The summed E-state index contributed by atoms with van der Waals surface area (Å²) in [4.78, 5) is 16.8. The predicted molar refractivity (Wildman–Crippen MR) is 68.6 cm³/mol. The first kappa shape index (κ1) is 10.0. The van der Waals surface area contributed by atoms with E-state index in [1.165, 1.54) is 11.3 Å². The third-order valence-electron chi connectivity index (χ3n) is 2.40. The monoisotopic (exact) mass is 246 g/mol. The lowest BCUT2D eigenvalue weighted by atomic mass is 10.4. The minimum absolute atomic E-state index is 0.455. The van der Waals surface area contributed by atoms with Crippen LogP contribution in [0.4, 0.5) is 10.9 Å². The summed E-state index contributed by atoms with van der Waals surface area (Å²) in [5, 5.41) is 0.533. The zero-order valence-corrected chi connectivity index (χ0v) is 9.88. The van der Waals surface area contributed by atoms with Gasteiger partial charge < -0.3 is 16.5 Å². The first-order chi connectivity index (χ1) is 8.13. The van der Waals surface area contributed by atoms with Gasteiger partial charge in [0.15, 0.2) is 16.6 Å². The molecule has 17 heavy (non-hydrogen) atoms. The number of nitrogens with two attached hydrogens (primary N) is 2. The highest BCUT2D eigenvalue weighted by Crippen LogP contribution is 2.30. The summed E-state index contributed by atoms with van der Waals surface area (Å²) in [6.45, 7) is 1.90. The lowest BCUT2D eigenvalue weighted by Gasteiger charge is -1.89. The van der Waals surface area contributed by atoms with Crippen LogP contribution in [0.25, 0.3) is 21.9 Å². The van der Waals surface area contributed by atoms with Crippen LogP contribution in [-0.2, 0) is 0 Å². The number of aromatic nitrogens is 4. The molecule has 5 N–H and O–H groups in total. The number of hydrogen-bond donors (Lipinski definition) is 3. The number of pyridine rings is 1. The normalized spacial score (nSPS) is 11.1. The van der Waals surface area contributed by atoms with E-state index in [0.29, 0.717) is 16.6 Å². The van der Waals surface area contributed by atoms with Gasteiger partial charge in [0.25, 0.3) is 0 Å². The van der Waals surface area contributed by atoms with Crippen molar-refractivity contribution in [3.63, 3.8) is 0 Å². The van der Waals surface area contributed by atoms with Crippen LogP contribution < -0.4 is 11.5 Å². The van der Waals surface area contributed by atoms with Crippen molar-refractivity contribution in [1.29, 1.82) is 0 Å². The van der Waals surface area contributed by atoms with Crippen molar-refractivity contribution in [3.8, 4) is 10.7 Å². The third-order valence-corrected chi connectivity index (χ3v) is 3.39. The maximum atomic E-state index is 5.67. The number of H-pyrrole nitrogens is 1. The molecule has 0 fully saturated rings. The van der Waals surface area contributed by atoms with Gasteiger partial charge >= 0.3 is 0 Å². The quantitative estimate of drug-likeness (QED) is 0.604. The van der Waals surface area contributed by atoms with Crippen LogP contribution in [0, 0.1) is 6.92 Å². The molecule has 0 aliphatic carbocycles. The molecule has 0 saturated heterocycles. The minimum atomic E-state index is 0.455. The Morgan fingerprint density at radius 3 is 2.71 bits per heavy atom. The molecule has 0 aromatic carbocycles. The molecule has 0 spiro atoms. The second-order valence-electron chi connectivity index (χ2n) is 3.66. The maximum Gasteiger partial charge on any atom is 0.180 e. The summed E-state index contributed by atoms with van der Waals surface area (Å²) in [7, 11) is 0. The Morgan fingerprint density at radius 1 is 1.18 bits per heavy atom. The van der Waals surface area contributed by atoms with E-state index in [2.05, 4.69) is 19.9 Å². The lowest BCUT2D eigenvalue weighted by Crippen LogP contribution is -1.88. The van der Waals surface area contributed by atoms with E-state index in [4.69, 9.17) is 11.5 Å². The highest BCUT2D eigenvalue weighted by Gasteiger charge is 2.12. The molecular formula is C10H10N6S. The zero-order valence-electron chi connectivity index (χ0n) is 9.06. The van der Waals surface area contributed by atoms with E-state index in [9.17, 15) is 0 Å². The van der Waals surface area contributed by atoms with Crippen molar-refractivity contribution in [3.05, 3.63) is 17.8 Å². The van der Waals surface area contributed by atoms with Gasteiger partial charge in [0, 0.05) is 0 Å². The zero-order chi connectivity index (χ0) is 12.0. The average molecular weight is 246 g/mol. The van der Waals surface area contributed by atoms with E-state index in [1.54, 1.807) is 6.07 Å². The van der Waals surface area contributed by atoms with E-state index >= 15 is 0 Å². The van der Waals surface area contributed by atoms with Gasteiger partial charge in [-0.15, -0.1) is 0 Å². The number of anilines is 2. The van der Waals surface area contributed by atoms with Gasteiger partial charge in [-0.3, -0.25) is 0 Å². The molecule has 6 nitrogen and oxygen atoms in total. The summed E-state index contributed by atoms with van der Waals surface area (Å²) in [6, 6.07) is 3.59. The van der Waals surface area contributed by atoms with Crippen LogP contribution in [0.2, 0.25) is 0 Å². The fraction of sp³-hybridized carbons (Fsp3) is 0.100. The molecular weight excluding hydrogens is 236 g/mol. The third kappa shape index (κ3) is 1.60. The van der Waals surface area contributed by atoms with Crippen LogP contribution in [-0.4, -0.2) is 19.9 Å². The molecule has 0 bridgehead atoms. The van der Waals surface area contributed by atoms with Crippen molar-refractivity contribution in [2.75, 3.05) is 11.5 Å². The molecule has 0 aliphatic rings. The molecule has 0 aliphatic heterocycles. The molecule has 3 heterocycles. The Morgan fingerprint density at radius 2 is 2.00 bits per heavy atom. The number of thiazole rings is 1. The number of imidazole rings is 1. The number of aryl methyl sites for hydroxylation is 1. The van der Waals surface area contributed by atoms with Crippen molar-refractivity contribution in [1.82, 2.24) is 19.9 Å². The number of rotatable bonds is 1. The standard InChI is InChI=1S/C10H10N6S/c1-4-7(17-10(12)13-4)9-14-5-2-3-6(11)15-8(5)16-9/h2-3H,1H3,(H2,12,13)(H3,11,14,15,16). The van der Waals surface area contributed by atoms with Crippen LogP contribution in [0.15, 0.2) is 12.1 Å². The van der Waals surface area contributed by atoms with Crippen LogP contribution in [0.1, 0.15) is 5.69 Å². The molecule has 3 rings (SSSR count). The van der Waals surface area contributed by atoms with Gasteiger partial charge in [-0.05, 0) is 19.1 Å². The first-order valence-electron chi connectivity index (χ1n) is 4.99. The Balaban J connectivity index is 2.21. The van der Waals surface area contributed by atoms with Crippen molar-refractivity contribution < 1.29 is 0 Å². The second-order valence-corrected chi connectivity index (χ2v) is 4.69. The Kier molecular flexibility index (Phi) is 2.02. The molecule has 0 unspecified atom stereocenters. The molecule has 7 heteroatoms. The van der Waals surface area contributed by atoms with E-state index < -0.39 is 0 Å². The molecule has 0 atom stereocenters. The van der Waals surface area contributed by atoms with Gasteiger partial charge in [0.1, 0.15) is 5.82 Å². The minimum Gasteiger partial charge on any atom is -0.384 e. The topological polar surface area (TPSA) is 106 Å². The molecule has 3 aromatic rings. The molecule has 0 amide bonds. The Bertz CT molecular complexity index is 698. The summed E-state index contributed by atoms with van der Waals surface area (Å²) < 4.78 is 0. The average Bonchev–Trinajstić information content (AvgIpc) is 2.80. The van der Waals surface area contributed by atoms with Crippen molar-refractivity contribution in [2.24, 2.45) is 0 Å². The molecule has 3 aromatic heterocycles. The van der Waals surface area contributed by atoms with Gasteiger partial charge in [-0.2, -0.15) is 0 Å². The smallest absolute Gasteiger partial charge is 0.180 e. The van der Waals surface area contributed by atoms with Gasteiger partial charge in [0.2, 0.25) is 0 Å². The van der Waals surface area contributed by atoms with Crippen LogP contribution >= 0.6 is 11.3 Å². The number of hydrogen-bond acceptors (Lipinski definition) is 6. The van der Waals surface area contributed by atoms with Crippen molar-refractivity contribution >= 4 is 33.5 Å². The van der Waals surface area contributed by atoms with Gasteiger partial charge in [-0.1, -0.05) is 11.3 Å². The molecule has 86 valence electrons. The van der Waals surface area contributed by atoms with Crippen LogP contribution in [0.3, 0.4) is 0 Å². The van der Waals surface area contributed by atoms with E-state index in [0.717, 1.165) is 21.9 Å². The number of nitrogens with one attached hydrogen (secondary N) is 1.